The number of nitrogens with two attached hydrogens (primary N) is 1. The lowest BCUT2D eigenvalue weighted by Gasteiger charge is -2.21. The molecule has 3 amide bonds. The van der Waals surface area contributed by atoms with Crippen LogP contribution in [0, 0.1) is 0 Å². The Kier molecular flexibility index (Phi) is 6.16. The van der Waals surface area contributed by atoms with E-state index in [0.717, 1.165) is 31.6 Å². The Morgan fingerprint density at radius 1 is 1.03 bits per heavy atom. The molecule has 32 heavy (non-hydrogen) atoms. The van der Waals surface area contributed by atoms with Gasteiger partial charge in [-0.3, -0.25) is 4.79 Å². The minimum atomic E-state index is -0.610. The third-order valence-corrected chi connectivity index (χ3v) is 5.26. The first-order valence-electron chi connectivity index (χ1n) is 10.4. The number of urea groups is 1. The zero-order valence-electron chi connectivity index (χ0n) is 17.8. The van der Waals surface area contributed by atoms with Gasteiger partial charge in [0, 0.05) is 43.4 Å². The van der Waals surface area contributed by atoms with E-state index in [0.29, 0.717) is 23.1 Å². The highest BCUT2D eigenvalue weighted by Crippen LogP contribution is 2.27. The number of nitrogens with one attached hydrogen (secondary N) is 2. The summed E-state index contributed by atoms with van der Waals surface area (Å²) in [7, 11) is 1.81. The van der Waals surface area contributed by atoms with Gasteiger partial charge in [0.2, 0.25) is 5.95 Å². The Balaban J connectivity index is 1.55. The Morgan fingerprint density at radius 2 is 1.75 bits per heavy atom. The van der Waals surface area contributed by atoms with E-state index < -0.39 is 5.91 Å². The third kappa shape index (κ3) is 4.77. The van der Waals surface area contributed by atoms with Crippen LogP contribution in [0.15, 0.2) is 60.8 Å². The Hall–Kier alpha value is -4.14. The van der Waals surface area contributed by atoms with E-state index in [4.69, 9.17) is 5.73 Å². The molecular weight excluding hydrogens is 406 g/mol. The molecule has 2 heterocycles. The number of aromatic nitrogens is 2. The number of rotatable bonds is 6. The predicted molar refractivity (Wildman–Crippen MR) is 125 cm³/mol. The van der Waals surface area contributed by atoms with E-state index >= 15 is 0 Å². The molecule has 1 saturated heterocycles. The second kappa shape index (κ2) is 9.34. The minimum Gasteiger partial charge on any atom is -0.365 e. The fourth-order valence-electron chi connectivity index (χ4n) is 3.56. The topological polar surface area (TPSA) is 116 Å². The highest BCUT2D eigenvalue weighted by Gasteiger charge is 2.19. The predicted octanol–water partition coefficient (Wildman–Crippen LogP) is 3.71. The first-order chi connectivity index (χ1) is 15.5. The summed E-state index contributed by atoms with van der Waals surface area (Å²) in [5, 5.41) is 6.06. The molecule has 0 spiro atoms. The van der Waals surface area contributed by atoms with Crippen LogP contribution in [0.2, 0.25) is 0 Å². The number of carbonyl (C=O) groups is 2. The summed E-state index contributed by atoms with van der Waals surface area (Å²) in [4.78, 5) is 36.6. The van der Waals surface area contributed by atoms with E-state index in [1.54, 1.807) is 15.9 Å². The number of anilines is 5. The summed E-state index contributed by atoms with van der Waals surface area (Å²) in [5.74, 6) is 0.0800. The van der Waals surface area contributed by atoms with E-state index in [-0.39, 0.29) is 11.6 Å². The molecule has 0 bridgehead atoms. The summed E-state index contributed by atoms with van der Waals surface area (Å²) in [6.07, 6.45) is 3.48. The highest BCUT2D eigenvalue weighted by molar-refractivity contribution is 5.98. The summed E-state index contributed by atoms with van der Waals surface area (Å²) in [5.41, 5.74) is 7.98. The summed E-state index contributed by atoms with van der Waals surface area (Å²) in [6, 6.07) is 16.7. The molecular formula is C23H25N7O2. The third-order valence-electron chi connectivity index (χ3n) is 5.26. The molecule has 0 radical (unpaired) electrons. The lowest BCUT2D eigenvalue weighted by Crippen LogP contribution is -2.32. The van der Waals surface area contributed by atoms with Gasteiger partial charge in [-0.25, -0.2) is 9.78 Å². The molecule has 0 atom stereocenters. The van der Waals surface area contributed by atoms with E-state index in [1.165, 1.54) is 6.20 Å². The number of para-hydroxylation sites is 1. The summed E-state index contributed by atoms with van der Waals surface area (Å²) >= 11 is 0. The van der Waals surface area contributed by atoms with Gasteiger partial charge in [0.05, 0.1) is 0 Å². The number of hydrogen-bond donors (Lipinski definition) is 3. The van der Waals surface area contributed by atoms with Crippen molar-refractivity contribution in [1.29, 1.82) is 0 Å². The summed E-state index contributed by atoms with van der Waals surface area (Å²) in [6.45, 7) is 1.56. The van der Waals surface area contributed by atoms with Crippen molar-refractivity contribution >= 4 is 40.8 Å². The zero-order valence-corrected chi connectivity index (χ0v) is 17.8. The molecule has 9 nitrogen and oxygen atoms in total. The maximum absolute atomic E-state index is 12.4. The summed E-state index contributed by atoms with van der Waals surface area (Å²) < 4.78 is 0. The van der Waals surface area contributed by atoms with Crippen molar-refractivity contribution in [3.8, 4) is 0 Å². The number of primary amides is 1. The van der Waals surface area contributed by atoms with Crippen molar-refractivity contribution in [3.05, 3.63) is 66.4 Å². The highest BCUT2D eigenvalue weighted by atomic mass is 16.2. The molecule has 1 fully saturated rings. The van der Waals surface area contributed by atoms with Crippen molar-refractivity contribution in [2.45, 2.75) is 12.8 Å². The maximum atomic E-state index is 12.4. The van der Waals surface area contributed by atoms with Gasteiger partial charge in [-0.05, 0) is 43.2 Å². The Labute approximate surface area is 186 Å². The molecule has 164 valence electrons. The molecule has 0 aliphatic carbocycles. The molecule has 1 aliphatic heterocycles. The van der Waals surface area contributed by atoms with Gasteiger partial charge in [-0.2, -0.15) is 4.98 Å². The van der Waals surface area contributed by atoms with Crippen molar-refractivity contribution < 1.29 is 9.59 Å². The number of hydrogen-bond acceptors (Lipinski definition) is 6. The molecule has 2 aromatic carbocycles. The normalized spacial score (nSPS) is 13.0. The Bertz CT molecular complexity index is 1110. The Morgan fingerprint density at radius 3 is 2.47 bits per heavy atom. The molecule has 3 aromatic rings. The van der Waals surface area contributed by atoms with Crippen LogP contribution in [0.25, 0.3) is 0 Å². The largest absolute Gasteiger partial charge is 0.365 e. The van der Waals surface area contributed by atoms with Gasteiger partial charge >= 0.3 is 6.03 Å². The van der Waals surface area contributed by atoms with E-state index in [1.807, 2.05) is 55.6 Å². The van der Waals surface area contributed by atoms with Crippen molar-refractivity contribution in [2.24, 2.45) is 5.73 Å². The van der Waals surface area contributed by atoms with Crippen LogP contribution in [0.5, 0.6) is 0 Å². The zero-order chi connectivity index (χ0) is 22.5. The number of benzene rings is 2. The lowest BCUT2D eigenvalue weighted by atomic mass is 10.2. The molecule has 0 saturated carbocycles. The molecule has 0 unspecified atom stereocenters. The van der Waals surface area contributed by atoms with Crippen LogP contribution in [0.1, 0.15) is 23.2 Å². The average molecular weight is 432 g/mol. The second-order valence-electron chi connectivity index (χ2n) is 7.52. The lowest BCUT2D eigenvalue weighted by molar-refractivity contribution is 0.1000. The monoisotopic (exact) mass is 431 g/mol. The number of nitrogens with zero attached hydrogens (tertiary/aromatic N) is 4. The number of carbonyl (C=O) groups excluding carboxylic acids is 2. The van der Waals surface area contributed by atoms with Crippen molar-refractivity contribution in [1.82, 2.24) is 14.9 Å². The number of likely N-dealkylation sites (tertiary alicyclic amines) is 1. The molecule has 9 heteroatoms. The molecule has 4 N–H and O–H groups in total. The van der Waals surface area contributed by atoms with Gasteiger partial charge in [0.1, 0.15) is 5.56 Å². The minimum absolute atomic E-state index is 0.103. The standard InChI is InChI=1S/C23H25N7O2/c1-29(18-10-3-2-4-11-18)21-19(20(24)31)15-25-22(28-21)26-16-8-7-9-17(14-16)27-23(32)30-12-5-6-13-30/h2-4,7-11,14-15H,5-6,12-13H2,1H3,(H2,24,31)(H,27,32)(H,25,26,28). The van der Waals surface area contributed by atoms with Crippen LogP contribution in [0.4, 0.5) is 33.6 Å². The molecule has 1 aliphatic rings. The van der Waals surface area contributed by atoms with Crippen molar-refractivity contribution in [3.63, 3.8) is 0 Å². The van der Waals surface area contributed by atoms with E-state index in [9.17, 15) is 9.59 Å². The van der Waals surface area contributed by atoms with Gasteiger partial charge in [0.15, 0.2) is 5.82 Å². The fourth-order valence-corrected chi connectivity index (χ4v) is 3.56. The van der Waals surface area contributed by atoms with Crippen molar-refractivity contribution in [2.75, 3.05) is 35.7 Å². The smallest absolute Gasteiger partial charge is 0.321 e. The van der Waals surface area contributed by atoms with Crippen LogP contribution in [-0.4, -0.2) is 46.9 Å². The van der Waals surface area contributed by atoms with Crippen LogP contribution >= 0.6 is 0 Å². The first kappa shape index (κ1) is 21.1. The fraction of sp³-hybridized carbons (Fsp3) is 0.217. The van der Waals surface area contributed by atoms with Gasteiger partial charge in [-0.1, -0.05) is 24.3 Å². The SMILES string of the molecule is CN(c1ccccc1)c1nc(Nc2cccc(NC(=O)N3CCCC3)c2)ncc1C(N)=O. The van der Waals surface area contributed by atoms with Gasteiger partial charge in [0.25, 0.3) is 5.91 Å². The van der Waals surface area contributed by atoms with Crippen LogP contribution in [0.3, 0.4) is 0 Å². The second-order valence-corrected chi connectivity index (χ2v) is 7.52. The van der Waals surface area contributed by atoms with E-state index in [2.05, 4.69) is 20.6 Å². The quantitative estimate of drug-likeness (QED) is 0.548. The molecule has 1 aromatic heterocycles. The number of amides is 3. The average Bonchev–Trinajstić information content (AvgIpc) is 3.34. The van der Waals surface area contributed by atoms with Crippen LogP contribution in [-0.2, 0) is 0 Å². The van der Waals surface area contributed by atoms with Gasteiger partial charge in [-0.15, -0.1) is 0 Å². The van der Waals surface area contributed by atoms with Gasteiger partial charge < -0.3 is 26.2 Å². The van der Waals surface area contributed by atoms with Crippen LogP contribution < -0.4 is 21.3 Å². The first-order valence-corrected chi connectivity index (χ1v) is 10.4. The molecule has 4 rings (SSSR count). The maximum Gasteiger partial charge on any atom is 0.321 e.